The maximum Gasteiger partial charge on any atom is 0.352 e. The van der Waals surface area contributed by atoms with E-state index in [1.807, 2.05) is 19.0 Å². The smallest absolute Gasteiger partial charge is 0.352 e. The quantitative estimate of drug-likeness (QED) is 0.205. The van der Waals surface area contributed by atoms with Crippen molar-refractivity contribution in [3.05, 3.63) is 22.3 Å². The number of tetrazole rings is 1. The van der Waals surface area contributed by atoms with Crippen LogP contribution in [0.5, 0.6) is 0 Å². The molecule has 0 bridgehead atoms. The second kappa shape index (κ2) is 12.5. The Morgan fingerprint density at radius 2 is 2.11 bits per heavy atom. The van der Waals surface area contributed by atoms with Gasteiger partial charge in [0.1, 0.15) is 17.1 Å². The summed E-state index contributed by atoms with van der Waals surface area (Å²) in [6, 6.07) is -0.782. The molecule has 2 atom stereocenters. The summed E-state index contributed by atoms with van der Waals surface area (Å²) in [5.74, 6) is -1.24. The number of anilines is 1. The maximum absolute atomic E-state index is 12.8. The SMILES string of the molecule is CN(C)CCn1nnnc1SCC1=C(C(=O)O)N2C(=O)[C@@H](NC(=O)Cc3csc(N)n3)[C@H]2SC1.CO. The number of aliphatic hydroxyl groups excluding tert-OH is 1. The van der Waals surface area contributed by atoms with E-state index in [-0.39, 0.29) is 18.0 Å². The number of carbonyl (C=O) groups is 3. The molecule has 0 spiro atoms. The number of carbonyl (C=O) groups excluding carboxylic acids is 2. The number of amides is 2. The summed E-state index contributed by atoms with van der Waals surface area (Å²) in [5, 5.41) is 33.4. The van der Waals surface area contributed by atoms with Crippen LogP contribution in [0.1, 0.15) is 5.69 Å². The van der Waals surface area contributed by atoms with Crippen molar-refractivity contribution in [2.24, 2.45) is 0 Å². The number of hydrogen-bond acceptors (Lipinski definition) is 13. The molecule has 0 aromatic carbocycles. The molecule has 2 aromatic rings. The third-order valence-corrected chi connectivity index (χ3v) is 8.22. The summed E-state index contributed by atoms with van der Waals surface area (Å²) in [6.45, 7) is 1.36. The number of β-lactam (4-membered cyclic amide) rings is 1. The summed E-state index contributed by atoms with van der Waals surface area (Å²) in [6.07, 6.45) is 0.000917. The first kappa shape index (κ1) is 27.9. The van der Waals surface area contributed by atoms with E-state index in [1.165, 1.54) is 39.8 Å². The Labute approximate surface area is 219 Å². The van der Waals surface area contributed by atoms with Crippen LogP contribution < -0.4 is 11.1 Å². The van der Waals surface area contributed by atoms with Gasteiger partial charge >= 0.3 is 5.97 Å². The molecule has 17 heteroatoms. The van der Waals surface area contributed by atoms with Gasteiger partial charge in [-0.1, -0.05) is 11.8 Å². The number of nitrogens with two attached hydrogens (primary N) is 1. The van der Waals surface area contributed by atoms with Crippen molar-refractivity contribution in [3.63, 3.8) is 0 Å². The monoisotopic (exact) mass is 557 g/mol. The molecular weight excluding hydrogens is 530 g/mol. The van der Waals surface area contributed by atoms with Gasteiger partial charge in [-0.25, -0.2) is 14.5 Å². The van der Waals surface area contributed by atoms with Crippen LogP contribution >= 0.6 is 34.9 Å². The zero-order valence-electron chi connectivity index (χ0n) is 19.8. The van der Waals surface area contributed by atoms with Crippen molar-refractivity contribution in [2.75, 3.05) is 45.0 Å². The van der Waals surface area contributed by atoms with E-state index in [4.69, 9.17) is 10.8 Å². The van der Waals surface area contributed by atoms with Crippen LogP contribution in [0.25, 0.3) is 0 Å². The Bertz CT molecular complexity index is 1140. The highest BCUT2D eigenvalue weighted by Crippen LogP contribution is 2.41. The lowest BCUT2D eigenvalue weighted by molar-refractivity contribution is -0.150. The Morgan fingerprint density at radius 1 is 1.36 bits per heavy atom. The summed E-state index contributed by atoms with van der Waals surface area (Å²) in [5.41, 5.74) is 6.68. The van der Waals surface area contributed by atoms with E-state index >= 15 is 0 Å². The number of hydrogen-bond donors (Lipinski definition) is 4. The number of nitrogens with one attached hydrogen (secondary N) is 1. The fourth-order valence-corrected chi connectivity index (χ4v) is 6.42. The van der Waals surface area contributed by atoms with E-state index in [2.05, 4.69) is 25.8 Å². The first-order chi connectivity index (χ1) is 17.2. The standard InChI is InChI=1S/C18H23N9O4S3.CH4O/c1-25(2)3-4-26-18(22-23-24-26)34-7-9-6-32-15-12(14(29)27(15)13(9)16(30)31)21-11(28)5-10-8-33-17(19)20-10;1-2/h8,12,15H,3-7H2,1-2H3,(H2,19,20)(H,21,28)(H,30,31);2H,1H3/t12-,15-;/m1./s1. The molecule has 2 amide bonds. The van der Waals surface area contributed by atoms with E-state index in [1.54, 1.807) is 10.1 Å². The summed E-state index contributed by atoms with van der Waals surface area (Å²) >= 11 is 3.98. The predicted octanol–water partition coefficient (Wildman–Crippen LogP) is -1.04. The van der Waals surface area contributed by atoms with Crippen LogP contribution in [0.2, 0.25) is 0 Å². The molecule has 2 aromatic heterocycles. The highest BCUT2D eigenvalue weighted by molar-refractivity contribution is 8.01. The minimum atomic E-state index is -1.18. The van der Waals surface area contributed by atoms with Crippen molar-refractivity contribution < 1.29 is 24.6 Å². The number of aliphatic carboxylic acids is 1. The number of carboxylic acid groups (broad SMARTS) is 1. The van der Waals surface area contributed by atoms with Gasteiger partial charge in [-0.3, -0.25) is 14.5 Å². The zero-order chi connectivity index (χ0) is 26.4. The molecule has 196 valence electrons. The number of aliphatic hydroxyl groups is 1. The first-order valence-electron chi connectivity index (χ1n) is 10.6. The number of rotatable bonds is 10. The highest BCUT2D eigenvalue weighted by atomic mass is 32.2. The van der Waals surface area contributed by atoms with Crippen molar-refractivity contribution in [3.8, 4) is 0 Å². The van der Waals surface area contributed by atoms with Crippen LogP contribution in [-0.2, 0) is 27.3 Å². The molecule has 1 fully saturated rings. The van der Waals surface area contributed by atoms with Crippen molar-refractivity contribution in [2.45, 2.75) is 29.5 Å². The van der Waals surface area contributed by atoms with Gasteiger partial charge in [0.25, 0.3) is 5.91 Å². The highest BCUT2D eigenvalue weighted by Gasteiger charge is 2.54. The Hall–Kier alpha value is -2.73. The number of thioether (sulfide) groups is 2. The van der Waals surface area contributed by atoms with Gasteiger partial charge in [0.15, 0.2) is 5.13 Å². The van der Waals surface area contributed by atoms with Gasteiger partial charge < -0.3 is 26.2 Å². The van der Waals surface area contributed by atoms with Crippen molar-refractivity contribution in [1.29, 1.82) is 0 Å². The first-order valence-corrected chi connectivity index (χ1v) is 13.5. The van der Waals surface area contributed by atoms with Gasteiger partial charge in [-0.15, -0.1) is 28.2 Å². The molecule has 5 N–H and O–H groups in total. The van der Waals surface area contributed by atoms with Crippen LogP contribution in [-0.4, -0.2) is 114 Å². The van der Waals surface area contributed by atoms with Crippen molar-refractivity contribution >= 4 is 57.8 Å². The van der Waals surface area contributed by atoms with E-state index in [0.717, 1.165) is 13.7 Å². The van der Waals surface area contributed by atoms with E-state index in [0.29, 0.717) is 39.6 Å². The molecule has 0 aliphatic carbocycles. The average Bonchev–Trinajstić information content (AvgIpc) is 3.48. The van der Waals surface area contributed by atoms with Crippen molar-refractivity contribution in [1.82, 2.24) is 40.3 Å². The molecule has 0 unspecified atom stereocenters. The zero-order valence-corrected chi connectivity index (χ0v) is 22.3. The maximum atomic E-state index is 12.8. The number of fused-ring (bicyclic) bond motifs is 1. The second-order valence-corrected chi connectivity index (χ2v) is 10.8. The van der Waals surface area contributed by atoms with Gasteiger partial charge in [-0.2, -0.15) is 0 Å². The lowest BCUT2D eigenvalue weighted by atomic mass is 10.0. The molecule has 1 saturated heterocycles. The number of aromatic nitrogens is 5. The summed E-state index contributed by atoms with van der Waals surface area (Å²) in [4.78, 5) is 44.5. The Balaban J connectivity index is 0.00000176. The predicted molar refractivity (Wildman–Crippen MR) is 135 cm³/mol. The molecule has 2 aliphatic rings. The number of thiazole rings is 1. The molecule has 36 heavy (non-hydrogen) atoms. The Morgan fingerprint density at radius 3 is 2.75 bits per heavy atom. The van der Waals surface area contributed by atoms with Crippen LogP contribution in [0.4, 0.5) is 5.13 Å². The van der Waals surface area contributed by atoms with Gasteiger partial charge in [-0.05, 0) is 30.1 Å². The van der Waals surface area contributed by atoms with E-state index < -0.39 is 23.3 Å². The normalized spacial score (nSPS) is 18.9. The topological polar surface area (TPSA) is 193 Å². The van der Waals surface area contributed by atoms with Gasteiger partial charge in [0.05, 0.1) is 18.7 Å². The van der Waals surface area contributed by atoms with Gasteiger partial charge in [0, 0.05) is 30.5 Å². The third-order valence-electron chi connectivity index (χ3n) is 5.11. The molecule has 0 saturated carbocycles. The molecular formula is C19H27N9O5S3. The summed E-state index contributed by atoms with van der Waals surface area (Å²) < 4.78 is 1.67. The lowest BCUT2D eigenvalue weighted by Crippen LogP contribution is -2.70. The van der Waals surface area contributed by atoms with Crippen LogP contribution in [0.15, 0.2) is 21.8 Å². The number of nitrogens with zero attached hydrogens (tertiary/aromatic N) is 7. The molecule has 4 heterocycles. The fourth-order valence-electron chi connectivity index (χ4n) is 3.47. The minimum Gasteiger partial charge on any atom is -0.477 e. The molecule has 0 radical (unpaired) electrons. The fraction of sp³-hybridized carbons (Fsp3) is 0.526. The Kier molecular flexibility index (Phi) is 9.66. The molecule has 4 rings (SSSR count). The number of likely N-dealkylation sites (N-methyl/N-ethyl adjacent to an activating group) is 1. The molecule has 2 aliphatic heterocycles. The third kappa shape index (κ3) is 6.33. The van der Waals surface area contributed by atoms with Crippen LogP contribution in [0, 0.1) is 0 Å². The number of carboxylic acids is 1. The van der Waals surface area contributed by atoms with Gasteiger partial charge in [0.2, 0.25) is 11.1 Å². The second-order valence-electron chi connectivity index (χ2n) is 7.84. The van der Waals surface area contributed by atoms with Crippen LogP contribution in [0.3, 0.4) is 0 Å². The average molecular weight is 558 g/mol. The number of nitrogen functional groups attached to an aromatic ring is 1. The van der Waals surface area contributed by atoms with E-state index in [9.17, 15) is 19.5 Å². The lowest BCUT2D eigenvalue weighted by Gasteiger charge is -2.49. The minimum absolute atomic E-state index is 0.000917. The summed E-state index contributed by atoms with van der Waals surface area (Å²) in [7, 11) is 4.90. The molecule has 14 nitrogen and oxygen atoms in total. The largest absolute Gasteiger partial charge is 0.477 e.